The zero-order valence-corrected chi connectivity index (χ0v) is 38.4. The zero-order valence-electron chi connectivity index (χ0n) is 37.6. The number of aliphatic hydroxyl groups is 3. The first-order chi connectivity index (χ1) is 29.0. The Labute approximate surface area is 364 Å². The van der Waals surface area contributed by atoms with E-state index in [0.29, 0.717) is 19.3 Å². The molecule has 4 N–H and O–H groups in total. The van der Waals surface area contributed by atoms with E-state index in [4.69, 9.17) is 18.9 Å². The fourth-order valence-electron chi connectivity index (χ4n) is 7.31. The summed E-state index contributed by atoms with van der Waals surface area (Å²) >= 11 is 0. The molecule has 352 valence electrons. The third kappa shape index (κ3) is 31.9. The first kappa shape index (κ1) is 56.1. The number of aliphatic hydroxyl groups excluding tert-OH is 3. The highest BCUT2D eigenvalue weighted by atomic mass is 32.2. The normalized spacial score (nSPS) is 20.3. The molecule has 1 heterocycles. The fourth-order valence-corrected chi connectivity index (χ4v) is 8.00. The lowest BCUT2D eigenvalue weighted by atomic mass is 10.00. The van der Waals surface area contributed by atoms with Crippen LogP contribution >= 0.6 is 0 Å². The van der Waals surface area contributed by atoms with Crippen LogP contribution in [0.4, 0.5) is 0 Å². The molecule has 0 aromatic heterocycles. The summed E-state index contributed by atoms with van der Waals surface area (Å²) in [6, 6.07) is 0. The Morgan fingerprint density at radius 2 is 1.02 bits per heavy atom. The second kappa shape index (κ2) is 37.7. The van der Waals surface area contributed by atoms with Crippen molar-refractivity contribution in [2.24, 2.45) is 0 Å². The van der Waals surface area contributed by atoms with Gasteiger partial charge < -0.3 is 34.3 Å². The molecule has 1 fully saturated rings. The van der Waals surface area contributed by atoms with Gasteiger partial charge >= 0.3 is 11.9 Å². The van der Waals surface area contributed by atoms with E-state index in [1.54, 1.807) is 0 Å². The number of carbonyl (C=O) groups is 2. The van der Waals surface area contributed by atoms with Crippen molar-refractivity contribution in [3.63, 3.8) is 0 Å². The maximum atomic E-state index is 12.8. The average Bonchev–Trinajstić information content (AvgIpc) is 3.21. The van der Waals surface area contributed by atoms with Crippen LogP contribution in [0.25, 0.3) is 0 Å². The molecule has 0 aromatic carbocycles. The van der Waals surface area contributed by atoms with Crippen LogP contribution in [0.3, 0.4) is 0 Å². The van der Waals surface area contributed by atoms with Crippen LogP contribution in [0.2, 0.25) is 0 Å². The van der Waals surface area contributed by atoms with Gasteiger partial charge in [-0.15, -0.1) is 0 Å². The van der Waals surface area contributed by atoms with Gasteiger partial charge in [-0.1, -0.05) is 179 Å². The van der Waals surface area contributed by atoms with Gasteiger partial charge in [-0.05, 0) is 38.5 Å². The lowest BCUT2D eigenvalue weighted by molar-refractivity contribution is -0.297. The van der Waals surface area contributed by atoms with E-state index >= 15 is 0 Å². The molecule has 6 atom stereocenters. The molecule has 1 rings (SSSR count). The van der Waals surface area contributed by atoms with E-state index < -0.39 is 71.2 Å². The number of esters is 2. The van der Waals surface area contributed by atoms with E-state index in [1.807, 2.05) is 6.08 Å². The molecule has 0 spiro atoms. The van der Waals surface area contributed by atoms with Crippen LogP contribution in [0.5, 0.6) is 0 Å². The first-order valence-corrected chi connectivity index (χ1v) is 25.5. The molecule has 13 heteroatoms. The van der Waals surface area contributed by atoms with Gasteiger partial charge in [-0.2, -0.15) is 8.42 Å². The number of hydrogen-bond donors (Lipinski definition) is 4. The van der Waals surface area contributed by atoms with Gasteiger partial charge in [0, 0.05) is 12.8 Å². The fraction of sp³-hybridized carbons (Fsp3) is 0.872. The molecule has 0 amide bonds. The Kier molecular flexibility index (Phi) is 35.2. The Morgan fingerprint density at radius 1 is 0.567 bits per heavy atom. The van der Waals surface area contributed by atoms with Crippen molar-refractivity contribution in [1.82, 2.24) is 0 Å². The van der Waals surface area contributed by atoms with Crippen molar-refractivity contribution in [3.8, 4) is 0 Å². The first-order valence-electron chi connectivity index (χ1n) is 23.9. The number of allylic oxidation sites excluding steroid dienone is 4. The van der Waals surface area contributed by atoms with Crippen LogP contribution in [-0.4, -0.2) is 96.0 Å². The van der Waals surface area contributed by atoms with Gasteiger partial charge in [-0.25, -0.2) is 0 Å². The lowest BCUT2D eigenvalue weighted by Gasteiger charge is -2.40. The van der Waals surface area contributed by atoms with Crippen LogP contribution in [0.15, 0.2) is 24.3 Å². The van der Waals surface area contributed by atoms with Gasteiger partial charge in [-0.3, -0.25) is 14.1 Å². The van der Waals surface area contributed by atoms with Crippen LogP contribution in [-0.2, 0) is 38.7 Å². The molecular formula is C47H86O12S. The number of hydrogen-bond acceptors (Lipinski definition) is 11. The molecular weight excluding hydrogens is 789 g/mol. The molecule has 12 nitrogen and oxygen atoms in total. The minimum absolute atomic E-state index is 0.158. The molecule has 1 saturated heterocycles. The number of carbonyl (C=O) groups excluding carboxylic acids is 2. The van der Waals surface area contributed by atoms with Crippen LogP contribution in [0, 0.1) is 0 Å². The number of rotatable bonds is 40. The topological polar surface area (TPSA) is 186 Å². The van der Waals surface area contributed by atoms with E-state index in [1.165, 1.54) is 128 Å². The largest absolute Gasteiger partial charge is 0.462 e. The third-order valence-corrected chi connectivity index (χ3v) is 11.8. The van der Waals surface area contributed by atoms with Crippen molar-refractivity contribution in [3.05, 3.63) is 24.3 Å². The van der Waals surface area contributed by atoms with E-state index in [2.05, 4.69) is 32.1 Å². The van der Waals surface area contributed by atoms with Crippen molar-refractivity contribution in [2.75, 3.05) is 19.0 Å². The second-order valence-corrected chi connectivity index (χ2v) is 18.3. The SMILES string of the molecule is CCCCCCCCCCC/C=C/C/C=C/CCCC(=O)OC[C@H](CO[C@H]1O[C@H](CS(=O)(=O)O)[C@@H](O)C(O)C1O)OC(=O)CCCCCCCCCCCCCCCCC. The van der Waals surface area contributed by atoms with Crippen molar-refractivity contribution < 1.29 is 56.8 Å². The Hall–Kier alpha value is -1.87. The molecule has 0 aromatic rings. The molecule has 60 heavy (non-hydrogen) atoms. The van der Waals surface area contributed by atoms with Crippen molar-refractivity contribution >= 4 is 22.1 Å². The Balaban J connectivity index is 2.44. The zero-order chi connectivity index (χ0) is 44.1. The van der Waals surface area contributed by atoms with E-state index in [0.717, 1.165) is 32.1 Å². The van der Waals surface area contributed by atoms with Crippen molar-refractivity contribution in [1.29, 1.82) is 0 Å². The summed E-state index contributed by atoms with van der Waals surface area (Å²) in [5.41, 5.74) is 0. The Morgan fingerprint density at radius 3 is 1.52 bits per heavy atom. The minimum atomic E-state index is -4.60. The summed E-state index contributed by atoms with van der Waals surface area (Å²) in [6.07, 6.45) is 32.3. The predicted molar refractivity (Wildman–Crippen MR) is 238 cm³/mol. The Bertz CT molecular complexity index is 1210. The van der Waals surface area contributed by atoms with E-state index in [9.17, 15) is 37.9 Å². The maximum Gasteiger partial charge on any atom is 0.306 e. The third-order valence-electron chi connectivity index (χ3n) is 11.0. The molecule has 0 bridgehead atoms. The second-order valence-electron chi connectivity index (χ2n) is 16.8. The smallest absolute Gasteiger partial charge is 0.306 e. The standard InChI is InChI=1S/C47H86O12S/c1-3-5-7-9-11-13-15-17-19-20-22-23-25-27-29-31-33-35-42(48)56-37-40(38-57-47-46(52)45(51)44(50)41(59-47)39-60(53,54)55)58-43(49)36-34-32-30-28-26-24-21-18-16-14-12-10-8-6-4-2/h22-23,27,29,40-41,44-47,50-52H,3-21,24-26,28,30-39H2,1-2H3,(H,53,54,55)/b23-22+,29-27+/t40-,41-,44-,45?,46?,47+/m1/s1. The quantitative estimate of drug-likeness (QED) is 0.0198. The van der Waals surface area contributed by atoms with Gasteiger partial charge in [0.05, 0.1) is 6.61 Å². The summed E-state index contributed by atoms with van der Waals surface area (Å²) in [5.74, 6) is -2.03. The maximum absolute atomic E-state index is 12.8. The monoisotopic (exact) mass is 875 g/mol. The molecule has 0 aliphatic carbocycles. The van der Waals surface area contributed by atoms with Gasteiger partial charge in [0.15, 0.2) is 12.4 Å². The molecule has 1 aliphatic rings. The summed E-state index contributed by atoms with van der Waals surface area (Å²) in [6.45, 7) is 3.74. The van der Waals surface area contributed by atoms with Gasteiger partial charge in [0.1, 0.15) is 36.8 Å². The highest BCUT2D eigenvalue weighted by molar-refractivity contribution is 7.85. The predicted octanol–water partition coefficient (Wildman–Crippen LogP) is 10.0. The summed E-state index contributed by atoms with van der Waals surface area (Å²) < 4.78 is 54.1. The summed E-state index contributed by atoms with van der Waals surface area (Å²) in [5, 5.41) is 30.9. The molecule has 0 radical (unpaired) electrons. The average molecular weight is 875 g/mol. The van der Waals surface area contributed by atoms with Crippen LogP contribution < -0.4 is 0 Å². The molecule has 1 aliphatic heterocycles. The summed E-state index contributed by atoms with van der Waals surface area (Å²) in [4.78, 5) is 25.4. The highest BCUT2D eigenvalue weighted by Crippen LogP contribution is 2.24. The van der Waals surface area contributed by atoms with Crippen molar-refractivity contribution in [2.45, 2.75) is 243 Å². The lowest BCUT2D eigenvalue weighted by Crippen LogP contribution is -2.60. The number of unbranched alkanes of at least 4 members (excludes halogenated alkanes) is 24. The minimum Gasteiger partial charge on any atom is -0.462 e. The molecule has 2 unspecified atom stereocenters. The number of ether oxygens (including phenoxy) is 4. The summed E-state index contributed by atoms with van der Waals surface area (Å²) in [7, 11) is -4.60. The van der Waals surface area contributed by atoms with Gasteiger partial charge in [0.25, 0.3) is 10.1 Å². The highest BCUT2D eigenvalue weighted by Gasteiger charge is 2.46. The van der Waals surface area contributed by atoms with E-state index in [-0.39, 0.29) is 19.4 Å². The molecule has 0 saturated carbocycles. The van der Waals surface area contributed by atoms with Gasteiger partial charge in [0.2, 0.25) is 0 Å². The van der Waals surface area contributed by atoms with Crippen LogP contribution in [0.1, 0.15) is 206 Å².